The second-order valence-electron chi connectivity index (χ2n) is 3.93. The van der Waals surface area contributed by atoms with E-state index in [0.717, 1.165) is 0 Å². The zero-order valence-corrected chi connectivity index (χ0v) is 11.8. The molecule has 0 N–H and O–H groups in total. The molecule has 0 saturated heterocycles. The van der Waals surface area contributed by atoms with Gasteiger partial charge in [0, 0.05) is 0 Å². The molecule has 0 nitrogen and oxygen atoms in total. The minimum atomic E-state index is 1.24. The zero-order chi connectivity index (χ0) is 12.1. The van der Waals surface area contributed by atoms with E-state index in [4.69, 9.17) is 0 Å². The Morgan fingerprint density at radius 1 is 1.00 bits per heavy atom. The molecule has 0 spiro atoms. The molecule has 1 rings (SSSR count). The number of hydrogen-bond acceptors (Lipinski definition) is 1. The van der Waals surface area contributed by atoms with Crippen LogP contribution in [0.25, 0.3) is 0 Å². The molecule has 0 fully saturated rings. The van der Waals surface area contributed by atoms with Crippen LogP contribution >= 0.6 is 10.7 Å². The SMILES string of the molecule is CCCCCCCCc1cc[c]cc1.[S]=[Ni]. The summed E-state index contributed by atoms with van der Waals surface area (Å²) >= 11 is 3.46. The van der Waals surface area contributed by atoms with Gasteiger partial charge in [-0.1, -0.05) is 63.3 Å². The van der Waals surface area contributed by atoms with Crippen LogP contribution in [0.5, 0.6) is 0 Å². The van der Waals surface area contributed by atoms with Gasteiger partial charge in [-0.05, 0) is 24.5 Å². The van der Waals surface area contributed by atoms with Gasteiger partial charge in [0.2, 0.25) is 0 Å². The van der Waals surface area contributed by atoms with Crippen LogP contribution in [0.1, 0.15) is 51.0 Å². The van der Waals surface area contributed by atoms with Crippen LogP contribution in [0.2, 0.25) is 0 Å². The van der Waals surface area contributed by atoms with E-state index in [2.05, 4.69) is 49.6 Å². The average Bonchev–Trinajstić information content (AvgIpc) is 2.37. The molecule has 0 aromatic heterocycles. The van der Waals surface area contributed by atoms with Crippen LogP contribution in [0, 0.1) is 6.07 Å². The Hall–Kier alpha value is -0.0665. The van der Waals surface area contributed by atoms with Crippen molar-refractivity contribution in [1.29, 1.82) is 0 Å². The number of unbranched alkanes of at least 4 members (excludes halogenated alkanes) is 5. The summed E-state index contributed by atoms with van der Waals surface area (Å²) in [5.74, 6) is 0. The van der Waals surface area contributed by atoms with Gasteiger partial charge in [-0.3, -0.25) is 0 Å². The van der Waals surface area contributed by atoms with Gasteiger partial charge < -0.3 is 0 Å². The minimum absolute atomic E-state index is 1.24. The van der Waals surface area contributed by atoms with Crippen LogP contribution in [0.15, 0.2) is 24.3 Å². The average molecular weight is 280 g/mol. The molecular weight excluding hydrogens is 259 g/mol. The van der Waals surface area contributed by atoms with Crippen molar-refractivity contribution >= 4 is 10.7 Å². The van der Waals surface area contributed by atoms with E-state index in [9.17, 15) is 0 Å². The Balaban J connectivity index is 0.00000106. The van der Waals surface area contributed by atoms with E-state index in [0.29, 0.717) is 0 Å². The fourth-order valence-electron chi connectivity index (χ4n) is 1.70. The van der Waals surface area contributed by atoms with Gasteiger partial charge in [0.1, 0.15) is 0 Å². The summed E-state index contributed by atoms with van der Waals surface area (Å²) < 4.78 is 0. The molecule has 0 aliphatic rings. The van der Waals surface area contributed by atoms with E-state index in [-0.39, 0.29) is 0 Å². The summed E-state index contributed by atoms with van der Waals surface area (Å²) in [4.78, 5) is 0. The standard InChI is InChI=1S/C14H21.Ni.S/c1-2-3-4-5-6-8-11-14-12-9-7-10-13-14;;/h9-10,12-13H,2-6,8,11H2,1H3;;. The number of hydrogen-bond donors (Lipinski definition) is 0. The summed E-state index contributed by atoms with van der Waals surface area (Å²) in [6.07, 6.45) is 9.54. The van der Waals surface area contributed by atoms with Crippen molar-refractivity contribution in [3.05, 3.63) is 35.9 Å². The summed E-state index contributed by atoms with van der Waals surface area (Å²) in [6.45, 7) is 2.26. The van der Waals surface area contributed by atoms with Crippen LogP contribution in [0.3, 0.4) is 0 Å². The van der Waals surface area contributed by atoms with Crippen LogP contribution in [0.4, 0.5) is 0 Å². The molecule has 0 heterocycles. The summed E-state index contributed by atoms with van der Waals surface area (Å²) in [6, 6.07) is 11.4. The van der Waals surface area contributed by atoms with E-state index >= 15 is 0 Å². The maximum absolute atomic E-state index is 3.71. The Morgan fingerprint density at radius 2 is 1.56 bits per heavy atom. The predicted molar refractivity (Wildman–Crippen MR) is 69.9 cm³/mol. The molecule has 16 heavy (non-hydrogen) atoms. The van der Waals surface area contributed by atoms with Crippen molar-refractivity contribution in [1.82, 2.24) is 0 Å². The van der Waals surface area contributed by atoms with E-state index in [1.807, 2.05) is 12.1 Å². The first-order valence-corrected chi connectivity index (χ1v) is 7.48. The van der Waals surface area contributed by atoms with E-state index in [1.165, 1.54) is 50.5 Å². The fraction of sp³-hybridized carbons (Fsp3) is 0.571. The molecule has 93 valence electrons. The van der Waals surface area contributed by atoms with Crippen molar-refractivity contribution in [2.75, 3.05) is 0 Å². The fourth-order valence-corrected chi connectivity index (χ4v) is 1.70. The van der Waals surface area contributed by atoms with E-state index in [1.54, 1.807) is 0 Å². The van der Waals surface area contributed by atoms with Crippen molar-refractivity contribution in [3.8, 4) is 0 Å². The molecular formula is C14H21NiS. The predicted octanol–water partition coefficient (Wildman–Crippen LogP) is 5.04. The van der Waals surface area contributed by atoms with Crippen molar-refractivity contribution in [2.24, 2.45) is 0 Å². The van der Waals surface area contributed by atoms with Crippen molar-refractivity contribution in [2.45, 2.75) is 51.9 Å². The van der Waals surface area contributed by atoms with E-state index < -0.39 is 0 Å². The number of benzene rings is 1. The molecule has 1 radical (unpaired) electrons. The summed E-state index contributed by atoms with van der Waals surface area (Å²) in [7, 11) is 3.71. The van der Waals surface area contributed by atoms with Gasteiger partial charge in [-0.15, -0.1) is 0 Å². The van der Waals surface area contributed by atoms with Gasteiger partial charge >= 0.3 is 24.5 Å². The van der Waals surface area contributed by atoms with Gasteiger partial charge in [-0.2, -0.15) is 0 Å². The Morgan fingerprint density at radius 3 is 2.19 bits per heavy atom. The quantitative estimate of drug-likeness (QED) is 0.498. The van der Waals surface area contributed by atoms with Gasteiger partial charge in [-0.25, -0.2) is 0 Å². The normalized spacial score (nSPS) is 9.44. The van der Waals surface area contributed by atoms with Crippen molar-refractivity contribution in [3.63, 3.8) is 0 Å². The van der Waals surface area contributed by atoms with Gasteiger partial charge in [0.05, 0.1) is 0 Å². The third-order valence-corrected chi connectivity index (χ3v) is 2.61. The third kappa shape index (κ3) is 9.18. The van der Waals surface area contributed by atoms with Gasteiger partial charge in [0.15, 0.2) is 0 Å². The maximum atomic E-state index is 3.71. The monoisotopic (exact) mass is 279 g/mol. The summed E-state index contributed by atoms with van der Waals surface area (Å²) in [5.41, 5.74) is 1.46. The molecule has 0 amide bonds. The molecule has 0 aliphatic heterocycles. The zero-order valence-electron chi connectivity index (χ0n) is 9.98. The molecule has 0 aliphatic carbocycles. The topological polar surface area (TPSA) is 0 Å². The molecule has 0 bridgehead atoms. The molecule has 2 heteroatoms. The van der Waals surface area contributed by atoms with Crippen molar-refractivity contribution < 1.29 is 13.9 Å². The van der Waals surface area contributed by atoms with Crippen LogP contribution in [-0.4, -0.2) is 0 Å². The molecule has 1 aromatic carbocycles. The first-order chi connectivity index (χ1) is 7.93. The summed E-state index contributed by atoms with van der Waals surface area (Å²) in [5, 5.41) is 0. The molecule has 0 saturated carbocycles. The molecule has 0 unspecified atom stereocenters. The molecule has 1 aromatic rings. The molecule has 0 atom stereocenters. The van der Waals surface area contributed by atoms with Crippen LogP contribution in [-0.2, 0) is 20.3 Å². The Labute approximate surface area is 112 Å². The second-order valence-corrected chi connectivity index (χ2v) is 3.93. The second kappa shape index (κ2) is 13.0. The van der Waals surface area contributed by atoms with Crippen LogP contribution < -0.4 is 0 Å². The third-order valence-electron chi connectivity index (χ3n) is 2.61. The van der Waals surface area contributed by atoms with Gasteiger partial charge in [0.25, 0.3) is 0 Å². The first kappa shape index (κ1) is 15.9. The number of aryl methyl sites for hydroxylation is 1. The Bertz CT molecular complexity index is 236. The Kier molecular flexibility index (Phi) is 12.9. The first-order valence-electron chi connectivity index (χ1n) is 6.01. The number of rotatable bonds is 7.